The molecule has 0 spiro atoms. The Hall–Kier alpha value is -0.0800. The first-order valence-electron chi connectivity index (χ1n) is 7.60. The largest absolute Gasteiger partial charge is 0.352 e. The molecule has 2 fully saturated rings. The van der Waals surface area contributed by atoms with E-state index >= 15 is 0 Å². The predicted octanol–water partition coefficient (Wildman–Crippen LogP) is 4.13. The Morgan fingerprint density at radius 2 is 1.76 bits per heavy atom. The van der Waals surface area contributed by atoms with E-state index in [-0.39, 0.29) is 6.29 Å². The second-order valence-electron chi connectivity index (χ2n) is 5.76. The molecular weight excluding hydrogens is 212 g/mol. The number of rotatable bonds is 4. The summed E-state index contributed by atoms with van der Waals surface area (Å²) in [5, 5.41) is 0. The molecule has 0 unspecified atom stereocenters. The van der Waals surface area contributed by atoms with E-state index in [1.54, 1.807) is 0 Å². The summed E-state index contributed by atoms with van der Waals surface area (Å²) in [4.78, 5) is 0. The molecule has 2 aliphatic rings. The SMILES string of the molecule is CCCC1CCC([C@H]2OCC[C@H](CC)O2)CC1. The molecule has 100 valence electrons. The van der Waals surface area contributed by atoms with Crippen LogP contribution in [0.4, 0.5) is 0 Å². The van der Waals surface area contributed by atoms with Gasteiger partial charge in [-0.05, 0) is 44.4 Å². The summed E-state index contributed by atoms with van der Waals surface area (Å²) in [6.45, 7) is 5.41. The van der Waals surface area contributed by atoms with Gasteiger partial charge in [-0.2, -0.15) is 0 Å². The zero-order valence-electron chi connectivity index (χ0n) is 11.5. The summed E-state index contributed by atoms with van der Waals surface area (Å²) in [6, 6.07) is 0. The van der Waals surface area contributed by atoms with Gasteiger partial charge in [0.05, 0.1) is 12.7 Å². The highest BCUT2D eigenvalue weighted by molar-refractivity contribution is 4.77. The fourth-order valence-corrected chi connectivity index (χ4v) is 3.32. The Morgan fingerprint density at radius 3 is 2.41 bits per heavy atom. The lowest BCUT2D eigenvalue weighted by atomic mass is 9.79. The summed E-state index contributed by atoms with van der Waals surface area (Å²) in [5.41, 5.74) is 0. The quantitative estimate of drug-likeness (QED) is 0.735. The zero-order chi connectivity index (χ0) is 12.1. The molecule has 17 heavy (non-hydrogen) atoms. The smallest absolute Gasteiger partial charge is 0.160 e. The monoisotopic (exact) mass is 240 g/mol. The molecular formula is C15H28O2. The second-order valence-corrected chi connectivity index (χ2v) is 5.76. The maximum atomic E-state index is 6.05. The Bertz CT molecular complexity index is 209. The van der Waals surface area contributed by atoms with Crippen molar-refractivity contribution in [1.82, 2.24) is 0 Å². The molecule has 1 aliphatic carbocycles. The van der Waals surface area contributed by atoms with Crippen molar-refractivity contribution in [3.8, 4) is 0 Å². The highest BCUT2D eigenvalue weighted by Gasteiger charge is 2.32. The van der Waals surface area contributed by atoms with E-state index in [1.165, 1.54) is 38.5 Å². The van der Waals surface area contributed by atoms with E-state index in [2.05, 4.69) is 13.8 Å². The van der Waals surface area contributed by atoms with Crippen LogP contribution in [0.2, 0.25) is 0 Å². The van der Waals surface area contributed by atoms with Gasteiger partial charge in [0.15, 0.2) is 6.29 Å². The Labute approximate surface area is 106 Å². The third-order valence-electron chi connectivity index (χ3n) is 4.48. The molecule has 0 aromatic rings. The molecule has 0 N–H and O–H groups in total. The van der Waals surface area contributed by atoms with Crippen molar-refractivity contribution in [2.24, 2.45) is 11.8 Å². The van der Waals surface area contributed by atoms with Gasteiger partial charge in [0.2, 0.25) is 0 Å². The van der Waals surface area contributed by atoms with E-state index < -0.39 is 0 Å². The minimum Gasteiger partial charge on any atom is -0.352 e. The van der Waals surface area contributed by atoms with E-state index in [9.17, 15) is 0 Å². The number of ether oxygens (including phenoxy) is 2. The van der Waals surface area contributed by atoms with E-state index in [0.29, 0.717) is 12.0 Å². The van der Waals surface area contributed by atoms with Crippen molar-refractivity contribution in [1.29, 1.82) is 0 Å². The Morgan fingerprint density at radius 1 is 1.00 bits per heavy atom. The minimum atomic E-state index is 0.108. The first-order valence-corrected chi connectivity index (χ1v) is 7.60. The average Bonchev–Trinajstić information content (AvgIpc) is 2.40. The van der Waals surface area contributed by atoms with Gasteiger partial charge in [-0.1, -0.05) is 26.7 Å². The first kappa shape index (κ1) is 13.4. The van der Waals surface area contributed by atoms with Gasteiger partial charge in [0.25, 0.3) is 0 Å². The van der Waals surface area contributed by atoms with Crippen molar-refractivity contribution in [3.05, 3.63) is 0 Å². The molecule has 2 nitrogen and oxygen atoms in total. The van der Waals surface area contributed by atoms with E-state index in [4.69, 9.17) is 9.47 Å². The highest BCUT2D eigenvalue weighted by atomic mass is 16.7. The molecule has 0 bridgehead atoms. The topological polar surface area (TPSA) is 18.5 Å². The summed E-state index contributed by atoms with van der Waals surface area (Å²) in [6.07, 6.45) is 10.9. The third-order valence-corrected chi connectivity index (χ3v) is 4.48. The van der Waals surface area contributed by atoms with Gasteiger partial charge < -0.3 is 9.47 Å². The molecule has 0 radical (unpaired) electrons. The van der Waals surface area contributed by atoms with Crippen LogP contribution in [-0.2, 0) is 9.47 Å². The molecule has 1 aliphatic heterocycles. The van der Waals surface area contributed by atoms with Crippen LogP contribution >= 0.6 is 0 Å². The van der Waals surface area contributed by atoms with Gasteiger partial charge in [-0.3, -0.25) is 0 Å². The van der Waals surface area contributed by atoms with Gasteiger partial charge in [-0.15, -0.1) is 0 Å². The predicted molar refractivity (Wildman–Crippen MR) is 69.9 cm³/mol. The standard InChI is InChI=1S/C15H28O2/c1-3-5-12-6-8-13(9-7-12)15-16-11-10-14(4-2)17-15/h12-15H,3-11H2,1-2H3/t12?,13?,14-,15-/m0/s1. The van der Waals surface area contributed by atoms with Crippen molar-refractivity contribution >= 4 is 0 Å². The highest BCUT2D eigenvalue weighted by Crippen LogP contribution is 2.36. The summed E-state index contributed by atoms with van der Waals surface area (Å²) in [7, 11) is 0. The van der Waals surface area contributed by atoms with Gasteiger partial charge in [0, 0.05) is 5.92 Å². The lowest BCUT2D eigenvalue weighted by Crippen LogP contribution is -2.38. The van der Waals surface area contributed by atoms with Gasteiger partial charge in [-0.25, -0.2) is 0 Å². The molecule has 2 atom stereocenters. The fraction of sp³-hybridized carbons (Fsp3) is 1.00. The average molecular weight is 240 g/mol. The number of hydrogen-bond acceptors (Lipinski definition) is 2. The first-order chi connectivity index (χ1) is 8.33. The number of hydrogen-bond donors (Lipinski definition) is 0. The normalized spacial score (nSPS) is 39.2. The van der Waals surface area contributed by atoms with Crippen molar-refractivity contribution in [3.63, 3.8) is 0 Å². The van der Waals surface area contributed by atoms with Crippen molar-refractivity contribution in [2.75, 3.05) is 6.61 Å². The van der Waals surface area contributed by atoms with Crippen LogP contribution in [0, 0.1) is 11.8 Å². The Kier molecular flexibility index (Phi) is 5.30. The minimum absolute atomic E-state index is 0.108. The zero-order valence-corrected chi connectivity index (χ0v) is 11.5. The summed E-state index contributed by atoms with van der Waals surface area (Å²) < 4.78 is 11.9. The molecule has 0 aromatic carbocycles. The van der Waals surface area contributed by atoms with Crippen LogP contribution in [0.25, 0.3) is 0 Å². The summed E-state index contributed by atoms with van der Waals surface area (Å²) in [5.74, 6) is 1.64. The van der Waals surface area contributed by atoms with E-state index in [0.717, 1.165) is 25.4 Å². The second kappa shape index (κ2) is 6.75. The van der Waals surface area contributed by atoms with Gasteiger partial charge in [0.1, 0.15) is 0 Å². The summed E-state index contributed by atoms with van der Waals surface area (Å²) >= 11 is 0. The molecule has 1 heterocycles. The fourth-order valence-electron chi connectivity index (χ4n) is 3.32. The molecule has 0 aromatic heterocycles. The lowest BCUT2D eigenvalue weighted by Gasteiger charge is -2.38. The van der Waals surface area contributed by atoms with Crippen LogP contribution in [0.15, 0.2) is 0 Å². The van der Waals surface area contributed by atoms with Crippen LogP contribution in [0.5, 0.6) is 0 Å². The van der Waals surface area contributed by atoms with Crippen LogP contribution in [-0.4, -0.2) is 19.0 Å². The van der Waals surface area contributed by atoms with Gasteiger partial charge >= 0.3 is 0 Å². The maximum Gasteiger partial charge on any atom is 0.160 e. The lowest BCUT2D eigenvalue weighted by molar-refractivity contribution is -0.240. The van der Waals surface area contributed by atoms with Crippen molar-refractivity contribution in [2.45, 2.75) is 77.6 Å². The van der Waals surface area contributed by atoms with E-state index in [1.807, 2.05) is 0 Å². The third kappa shape index (κ3) is 3.69. The molecule has 0 amide bonds. The van der Waals surface area contributed by atoms with Crippen LogP contribution < -0.4 is 0 Å². The van der Waals surface area contributed by atoms with Crippen molar-refractivity contribution < 1.29 is 9.47 Å². The molecule has 2 heteroatoms. The molecule has 1 saturated carbocycles. The Balaban J connectivity index is 1.76. The van der Waals surface area contributed by atoms with Crippen LogP contribution in [0.3, 0.4) is 0 Å². The van der Waals surface area contributed by atoms with Crippen LogP contribution in [0.1, 0.15) is 65.2 Å². The maximum absolute atomic E-state index is 6.05. The molecule has 1 saturated heterocycles. The molecule has 2 rings (SSSR count).